The second-order valence-electron chi connectivity index (χ2n) is 4.98. The highest BCUT2D eigenvalue weighted by Crippen LogP contribution is 2.22. The van der Waals surface area contributed by atoms with Gasteiger partial charge in [-0.2, -0.15) is 0 Å². The molecule has 0 radical (unpaired) electrons. The highest BCUT2D eigenvalue weighted by molar-refractivity contribution is 5.79. The predicted molar refractivity (Wildman–Crippen MR) is 75.1 cm³/mol. The first-order valence-electron chi connectivity index (χ1n) is 6.87. The molecular formula is C15H22N2O2. The van der Waals surface area contributed by atoms with Crippen LogP contribution in [0.1, 0.15) is 18.4 Å². The van der Waals surface area contributed by atoms with Crippen LogP contribution in [0.15, 0.2) is 24.3 Å². The van der Waals surface area contributed by atoms with Crippen LogP contribution in [0.3, 0.4) is 0 Å². The van der Waals surface area contributed by atoms with Gasteiger partial charge in [0.1, 0.15) is 5.75 Å². The molecule has 0 aliphatic carbocycles. The highest BCUT2D eigenvalue weighted by Gasteiger charge is 2.26. The number of hydrogen-bond donors (Lipinski definition) is 1. The smallest absolute Gasteiger partial charge is 0.227 e. The molecule has 104 valence electrons. The molecule has 1 fully saturated rings. The van der Waals surface area contributed by atoms with Gasteiger partial charge in [-0.1, -0.05) is 18.2 Å². The van der Waals surface area contributed by atoms with Crippen molar-refractivity contribution in [1.29, 1.82) is 0 Å². The maximum Gasteiger partial charge on any atom is 0.227 e. The van der Waals surface area contributed by atoms with Gasteiger partial charge in [0.15, 0.2) is 0 Å². The molecule has 0 saturated carbocycles. The molecule has 1 saturated heterocycles. The second-order valence-corrected chi connectivity index (χ2v) is 4.98. The number of rotatable bonds is 5. The van der Waals surface area contributed by atoms with E-state index < -0.39 is 0 Å². The Morgan fingerprint density at radius 1 is 1.37 bits per heavy atom. The molecule has 19 heavy (non-hydrogen) atoms. The molecule has 1 amide bonds. The Labute approximate surface area is 114 Å². The molecule has 0 aromatic heterocycles. The second kappa shape index (κ2) is 6.57. The Morgan fingerprint density at radius 2 is 2.05 bits per heavy atom. The molecule has 1 aromatic carbocycles. The average molecular weight is 262 g/mol. The van der Waals surface area contributed by atoms with Crippen LogP contribution in [0.4, 0.5) is 0 Å². The minimum atomic E-state index is -0.144. The van der Waals surface area contributed by atoms with Gasteiger partial charge >= 0.3 is 0 Å². The lowest BCUT2D eigenvalue weighted by Gasteiger charge is -2.22. The van der Waals surface area contributed by atoms with E-state index in [1.807, 2.05) is 29.2 Å². The van der Waals surface area contributed by atoms with Crippen LogP contribution in [-0.2, 0) is 11.2 Å². The number of carbonyl (C=O) groups is 1. The van der Waals surface area contributed by atoms with Crippen molar-refractivity contribution >= 4 is 5.91 Å². The van der Waals surface area contributed by atoms with E-state index in [0.29, 0.717) is 13.0 Å². The molecule has 2 N–H and O–H groups in total. The molecule has 1 aliphatic heterocycles. The number of hydrogen-bond acceptors (Lipinski definition) is 3. The summed E-state index contributed by atoms with van der Waals surface area (Å²) in [6.45, 7) is 2.13. The number of carbonyl (C=O) groups excluding carboxylic acids is 1. The minimum Gasteiger partial charge on any atom is -0.496 e. The van der Waals surface area contributed by atoms with Gasteiger partial charge in [-0.3, -0.25) is 4.79 Å². The lowest BCUT2D eigenvalue weighted by Crippen LogP contribution is -2.38. The summed E-state index contributed by atoms with van der Waals surface area (Å²) in [5.41, 5.74) is 6.84. The topological polar surface area (TPSA) is 55.6 Å². The monoisotopic (exact) mass is 262 g/mol. The normalized spacial score (nSPS) is 16.4. The standard InChI is InChI=1S/C15H22N2O2/c1-19-14-7-3-2-6-12(14)10-13(11-16)15(18)17-8-4-5-9-17/h2-3,6-7,13H,4-5,8-11,16H2,1H3. The maximum atomic E-state index is 12.4. The maximum absolute atomic E-state index is 12.4. The van der Waals surface area contributed by atoms with Crippen molar-refractivity contribution in [1.82, 2.24) is 4.90 Å². The summed E-state index contributed by atoms with van der Waals surface area (Å²) in [5.74, 6) is 0.871. The number of amides is 1. The van der Waals surface area contributed by atoms with Gasteiger partial charge < -0.3 is 15.4 Å². The van der Waals surface area contributed by atoms with Crippen molar-refractivity contribution in [3.63, 3.8) is 0 Å². The lowest BCUT2D eigenvalue weighted by atomic mass is 9.97. The lowest BCUT2D eigenvalue weighted by molar-refractivity contribution is -0.134. The Balaban J connectivity index is 2.07. The summed E-state index contributed by atoms with van der Waals surface area (Å²) in [6, 6.07) is 7.82. The molecule has 1 aliphatic rings. The van der Waals surface area contributed by atoms with E-state index in [1.54, 1.807) is 7.11 Å². The van der Waals surface area contributed by atoms with Crippen molar-refractivity contribution in [2.75, 3.05) is 26.7 Å². The average Bonchev–Trinajstić information content (AvgIpc) is 2.98. The summed E-state index contributed by atoms with van der Waals surface area (Å²) in [4.78, 5) is 14.3. The fraction of sp³-hybridized carbons (Fsp3) is 0.533. The van der Waals surface area contributed by atoms with Crippen LogP contribution in [0, 0.1) is 5.92 Å². The highest BCUT2D eigenvalue weighted by atomic mass is 16.5. The van der Waals surface area contributed by atoms with Gasteiger partial charge in [-0.05, 0) is 30.9 Å². The fourth-order valence-corrected chi connectivity index (χ4v) is 2.60. The largest absolute Gasteiger partial charge is 0.496 e. The van der Waals surface area contributed by atoms with E-state index in [4.69, 9.17) is 10.5 Å². The van der Waals surface area contributed by atoms with Crippen molar-refractivity contribution < 1.29 is 9.53 Å². The van der Waals surface area contributed by atoms with Gasteiger partial charge in [0, 0.05) is 19.6 Å². The Morgan fingerprint density at radius 3 is 2.68 bits per heavy atom. The minimum absolute atomic E-state index is 0.144. The van der Waals surface area contributed by atoms with Crippen molar-refractivity contribution in [2.24, 2.45) is 11.7 Å². The predicted octanol–water partition coefficient (Wildman–Crippen LogP) is 1.43. The third-order valence-electron chi connectivity index (χ3n) is 3.71. The van der Waals surface area contributed by atoms with Crippen molar-refractivity contribution in [2.45, 2.75) is 19.3 Å². The van der Waals surface area contributed by atoms with Gasteiger partial charge in [-0.15, -0.1) is 0 Å². The zero-order valence-corrected chi connectivity index (χ0v) is 11.5. The zero-order valence-electron chi connectivity index (χ0n) is 11.5. The summed E-state index contributed by atoms with van der Waals surface area (Å²) in [5, 5.41) is 0. The van der Waals surface area contributed by atoms with Crippen molar-refractivity contribution in [3.05, 3.63) is 29.8 Å². The van der Waals surface area contributed by atoms with E-state index in [1.165, 1.54) is 0 Å². The van der Waals surface area contributed by atoms with E-state index in [2.05, 4.69) is 0 Å². The van der Waals surface area contributed by atoms with Crippen LogP contribution in [0.25, 0.3) is 0 Å². The van der Waals surface area contributed by atoms with E-state index in [-0.39, 0.29) is 11.8 Å². The fourth-order valence-electron chi connectivity index (χ4n) is 2.60. The van der Waals surface area contributed by atoms with Crippen LogP contribution in [0.5, 0.6) is 5.75 Å². The zero-order chi connectivity index (χ0) is 13.7. The third kappa shape index (κ3) is 3.26. The first kappa shape index (κ1) is 13.9. The molecule has 0 bridgehead atoms. The summed E-state index contributed by atoms with van der Waals surface area (Å²) >= 11 is 0. The molecule has 0 spiro atoms. The number of benzene rings is 1. The van der Waals surface area contributed by atoms with Gasteiger partial charge in [0.25, 0.3) is 0 Å². The first-order valence-corrected chi connectivity index (χ1v) is 6.87. The number of nitrogens with zero attached hydrogens (tertiary/aromatic N) is 1. The summed E-state index contributed by atoms with van der Waals surface area (Å²) in [6.07, 6.45) is 2.87. The number of ether oxygens (including phenoxy) is 1. The molecule has 1 aromatic rings. The Kier molecular flexibility index (Phi) is 4.80. The summed E-state index contributed by atoms with van der Waals surface area (Å²) in [7, 11) is 1.65. The molecule has 1 heterocycles. The van der Waals surface area contributed by atoms with Crippen LogP contribution >= 0.6 is 0 Å². The number of methoxy groups -OCH3 is 1. The molecule has 1 atom stereocenters. The number of nitrogens with two attached hydrogens (primary N) is 1. The van der Waals surface area contributed by atoms with Gasteiger partial charge in [0.05, 0.1) is 13.0 Å². The van der Waals surface area contributed by atoms with Gasteiger partial charge in [-0.25, -0.2) is 0 Å². The third-order valence-corrected chi connectivity index (χ3v) is 3.71. The first-order chi connectivity index (χ1) is 9.26. The molecule has 1 unspecified atom stereocenters. The number of likely N-dealkylation sites (tertiary alicyclic amines) is 1. The van der Waals surface area contributed by atoms with Crippen LogP contribution in [0.2, 0.25) is 0 Å². The molecule has 4 heteroatoms. The molecular weight excluding hydrogens is 240 g/mol. The molecule has 4 nitrogen and oxygen atoms in total. The summed E-state index contributed by atoms with van der Waals surface area (Å²) < 4.78 is 5.33. The molecule has 2 rings (SSSR count). The Hall–Kier alpha value is -1.55. The van der Waals surface area contributed by atoms with Crippen molar-refractivity contribution in [3.8, 4) is 5.75 Å². The Bertz CT molecular complexity index is 428. The van der Waals surface area contributed by atoms with E-state index >= 15 is 0 Å². The van der Waals surface area contributed by atoms with Crippen LogP contribution in [-0.4, -0.2) is 37.6 Å². The number of para-hydroxylation sites is 1. The van der Waals surface area contributed by atoms with E-state index in [0.717, 1.165) is 37.2 Å². The van der Waals surface area contributed by atoms with Crippen LogP contribution < -0.4 is 10.5 Å². The van der Waals surface area contributed by atoms with E-state index in [9.17, 15) is 4.79 Å². The SMILES string of the molecule is COc1ccccc1CC(CN)C(=O)N1CCCC1. The van der Waals surface area contributed by atoms with Gasteiger partial charge in [0.2, 0.25) is 5.91 Å². The quantitative estimate of drug-likeness (QED) is 0.873.